The maximum Gasteiger partial charge on any atom is 0.319 e. The van der Waals surface area contributed by atoms with E-state index in [2.05, 4.69) is 40.0 Å². The Morgan fingerprint density at radius 1 is 1.22 bits per heavy atom. The number of hydrogen-bond donors (Lipinski definition) is 3. The van der Waals surface area contributed by atoms with Crippen LogP contribution in [0, 0.1) is 12.8 Å². The van der Waals surface area contributed by atoms with E-state index in [1.807, 2.05) is 41.1 Å². The molecule has 0 radical (unpaired) electrons. The summed E-state index contributed by atoms with van der Waals surface area (Å²) < 4.78 is 2.02. The zero-order valence-corrected chi connectivity index (χ0v) is 15.5. The predicted molar refractivity (Wildman–Crippen MR) is 108 cm³/mol. The number of imidazole rings is 1. The number of nitrogens with zero attached hydrogens (tertiary/aromatic N) is 2. The maximum absolute atomic E-state index is 12.1. The van der Waals surface area contributed by atoms with Crippen molar-refractivity contribution in [1.29, 1.82) is 0 Å². The second-order valence-electron chi connectivity index (χ2n) is 7.20. The number of anilines is 1. The molecular weight excluding hydrogens is 338 g/mol. The number of benzene rings is 1. The van der Waals surface area contributed by atoms with Gasteiger partial charge in [-0.05, 0) is 68.6 Å². The number of amides is 2. The molecule has 0 unspecified atom stereocenters. The minimum absolute atomic E-state index is 0.149. The van der Waals surface area contributed by atoms with Gasteiger partial charge in [0.1, 0.15) is 5.65 Å². The van der Waals surface area contributed by atoms with Crippen LogP contribution >= 0.6 is 0 Å². The van der Waals surface area contributed by atoms with Crippen LogP contribution in [-0.4, -0.2) is 35.1 Å². The first-order valence-electron chi connectivity index (χ1n) is 9.49. The molecule has 1 aliphatic heterocycles. The molecule has 1 aromatic carbocycles. The summed E-state index contributed by atoms with van der Waals surface area (Å²) in [6, 6.07) is 11.8. The largest absolute Gasteiger partial charge is 0.338 e. The minimum atomic E-state index is -0.149. The van der Waals surface area contributed by atoms with Crippen LogP contribution in [0.25, 0.3) is 16.9 Å². The number of hydrogen-bond acceptors (Lipinski definition) is 3. The van der Waals surface area contributed by atoms with Crippen LogP contribution < -0.4 is 16.0 Å². The number of carbonyl (C=O) groups is 1. The molecule has 3 heterocycles. The van der Waals surface area contributed by atoms with Gasteiger partial charge in [0.25, 0.3) is 0 Å². The molecule has 1 aliphatic rings. The van der Waals surface area contributed by atoms with Gasteiger partial charge in [-0.3, -0.25) is 0 Å². The maximum atomic E-state index is 12.1. The Morgan fingerprint density at radius 3 is 2.78 bits per heavy atom. The monoisotopic (exact) mass is 363 g/mol. The van der Waals surface area contributed by atoms with Crippen molar-refractivity contribution in [2.75, 3.05) is 25.0 Å². The lowest BCUT2D eigenvalue weighted by atomic mass is 9.98. The van der Waals surface area contributed by atoms with Gasteiger partial charge in [0, 0.05) is 30.2 Å². The lowest BCUT2D eigenvalue weighted by Gasteiger charge is -2.22. The number of nitrogens with one attached hydrogen (secondary N) is 3. The molecule has 0 aliphatic carbocycles. The van der Waals surface area contributed by atoms with Gasteiger partial charge in [-0.25, -0.2) is 9.78 Å². The van der Waals surface area contributed by atoms with Crippen molar-refractivity contribution in [2.45, 2.75) is 19.8 Å². The lowest BCUT2D eigenvalue weighted by molar-refractivity contribution is 0.248. The van der Waals surface area contributed by atoms with Gasteiger partial charge < -0.3 is 20.4 Å². The quantitative estimate of drug-likeness (QED) is 0.665. The van der Waals surface area contributed by atoms with Crippen LogP contribution in [-0.2, 0) is 0 Å². The first kappa shape index (κ1) is 17.5. The molecule has 0 saturated carbocycles. The number of rotatable bonds is 4. The zero-order valence-electron chi connectivity index (χ0n) is 15.5. The van der Waals surface area contributed by atoms with Crippen LogP contribution in [0.2, 0.25) is 0 Å². The number of pyridine rings is 1. The molecule has 3 N–H and O–H groups in total. The lowest BCUT2D eigenvalue weighted by Crippen LogP contribution is -2.37. The summed E-state index contributed by atoms with van der Waals surface area (Å²) in [6.07, 6.45) is 6.27. The Bertz CT molecular complexity index is 925. The Hall–Kier alpha value is -2.86. The van der Waals surface area contributed by atoms with Crippen LogP contribution in [0.15, 0.2) is 48.8 Å². The van der Waals surface area contributed by atoms with Crippen molar-refractivity contribution >= 4 is 17.4 Å². The third-order valence-corrected chi connectivity index (χ3v) is 5.06. The SMILES string of the molecule is Cc1ccn2cc(-c3ccc(NC(=O)NCC4CCNCC4)cc3)nc2c1. The van der Waals surface area contributed by atoms with Gasteiger partial charge in [-0.2, -0.15) is 0 Å². The topological polar surface area (TPSA) is 70.5 Å². The Labute approximate surface area is 159 Å². The van der Waals surface area contributed by atoms with E-state index in [0.717, 1.165) is 55.1 Å². The Kier molecular flexibility index (Phi) is 5.07. The highest BCUT2D eigenvalue weighted by atomic mass is 16.2. The summed E-state index contributed by atoms with van der Waals surface area (Å²) >= 11 is 0. The van der Waals surface area contributed by atoms with Crippen molar-refractivity contribution < 1.29 is 4.79 Å². The molecule has 2 aromatic heterocycles. The van der Waals surface area contributed by atoms with Gasteiger partial charge in [-0.1, -0.05) is 12.1 Å². The number of piperidine rings is 1. The zero-order chi connectivity index (χ0) is 18.6. The van der Waals surface area contributed by atoms with E-state index in [9.17, 15) is 4.79 Å². The molecule has 27 heavy (non-hydrogen) atoms. The fraction of sp³-hybridized carbons (Fsp3) is 0.333. The van der Waals surface area contributed by atoms with E-state index in [1.54, 1.807) is 0 Å². The molecule has 140 valence electrons. The van der Waals surface area contributed by atoms with Gasteiger partial charge in [-0.15, -0.1) is 0 Å². The highest BCUT2D eigenvalue weighted by Gasteiger charge is 2.14. The Morgan fingerprint density at radius 2 is 2.00 bits per heavy atom. The normalized spacial score (nSPS) is 15.0. The molecule has 4 rings (SSSR count). The summed E-state index contributed by atoms with van der Waals surface area (Å²) in [7, 11) is 0. The van der Waals surface area contributed by atoms with Crippen LogP contribution in [0.4, 0.5) is 10.5 Å². The van der Waals surface area contributed by atoms with Crippen LogP contribution in [0.3, 0.4) is 0 Å². The molecule has 0 bridgehead atoms. The summed E-state index contributed by atoms with van der Waals surface area (Å²) in [5, 5.41) is 9.22. The second-order valence-corrected chi connectivity index (χ2v) is 7.20. The fourth-order valence-electron chi connectivity index (χ4n) is 3.45. The van der Waals surface area contributed by atoms with Gasteiger partial charge in [0.05, 0.1) is 5.69 Å². The van der Waals surface area contributed by atoms with E-state index in [0.29, 0.717) is 5.92 Å². The molecule has 6 nitrogen and oxygen atoms in total. The Balaban J connectivity index is 1.37. The summed E-state index contributed by atoms with van der Waals surface area (Å²) in [5.41, 5.74) is 4.85. The number of aromatic nitrogens is 2. The molecule has 6 heteroatoms. The van der Waals surface area contributed by atoms with Crippen molar-refractivity contribution in [1.82, 2.24) is 20.0 Å². The molecule has 3 aromatic rings. The van der Waals surface area contributed by atoms with E-state index in [4.69, 9.17) is 0 Å². The molecule has 0 spiro atoms. The summed E-state index contributed by atoms with van der Waals surface area (Å²) in [5.74, 6) is 0.568. The number of urea groups is 1. The number of aryl methyl sites for hydroxylation is 1. The van der Waals surface area contributed by atoms with Gasteiger partial charge in [0.2, 0.25) is 0 Å². The predicted octanol–water partition coefficient (Wildman–Crippen LogP) is 3.43. The van der Waals surface area contributed by atoms with Crippen LogP contribution in [0.1, 0.15) is 18.4 Å². The van der Waals surface area contributed by atoms with Crippen molar-refractivity contribution in [3.8, 4) is 11.3 Å². The highest BCUT2D eigenvalue weighted by Crippen LogP contribution is 2.21. The molecule has 0 atom stereocenters. The third-order valence-electron chi connectivity index (χ3n) is 5.06. The fourth-order valence-corrected chi connectivity index (χ4v) is 3.45. The standard InChI is InChI=1S/C21H25N5O/c1-15-8-11-26-14-19(25-20(26)12-15)17-2-4-18(5-3-17)24-21(27)23-13-16-6-9-22-10-7-16/h2-5,8,11-12,14,16,22H,6-7,9-10,13H2,1H3,(H2,23,24,27). The summed E-state index contributed by atoms with van der Waals surface area (Å²) in [4.78, 5) is 16.8. The average molecular weight is 363 g/mol. The van der Waals surface area contributed by atoms with Crippen molar-refractivity contribution in [3.63, 3.8) is 0 Å². The highest BCUT2D eigenvalue weighted by molar-refractivity contribution is 5.89. The first-order valence-corrected chi connectivity index (χ1v) is 9.49. The summed E-state index contributed by atoms with van der Waals surface area (Å²) in [6.45, 7) is 4.87. The molecule has 1 fully saturated rings. The third kappa shape index (κ3) is 4.28. The van der Waals surface area contributed by atoms with E-state index < -0.39 is 0 Å². The first-order chi connectivity index (χ1) is 13.2. The van der Waals surface area contributed by atoms with Crippen molar-refractivity contribution in [3.05, 3.63) is 54.4 Å². The average Bonchev–Trinajstić information content (AvgIpc) is 3.11. The molecule has 2 amide bonds. The minimum Gasteiger partial charge on any atom is -0.338 e. The van der Waals surface area contributed by atoms with Crippen molar-refractivity contribution in [2.24, 2.45) is 5.92 Å². The number of fused-ring (bicyclic) bond motifs is 1. The smallest absolute Gasteiger partial charge is 0.319 e. The molecule has 1 saturated heterocycles. The van der Waals surface area contributed by atoms with E-state index in [1.165, 1.54) is 5.56 Å². The van der Waals surface area contributed by atoms with Gasteiger partial charge >= 0.3 is 6.03 Å². The molecular formula is C21H25N5O. The van der Waals surface area contributed by atoms with Gasteiger partial charge in [0.15, 0.2) is 0 Å². The second kappa shape index (κ2) is 7.80. The van der Waals surface area contributed by atoms with Crippen LogP contribution in [0.5, 0.6) is 0 Å². The van der Waals surface area contributed by atoms with E-state index in [-0.39, 0.29) is 6.03 Å². The van der Waals surface area contributed by atoms with E-state index >= 15 is 0 Å². The number of carbonyl (C=O) groups excluding carboxylic acids is 1.